The first-order valence-corrected chi connectivity index (χ1v) is 9.43. The van der Waals surface area contributed by atoms with Crippen molar-refractivity contribution in [3.8, 4) is 5.88 Å². The van der Waals surface area contributed by atoms with Gasteiger partial charge in [0, 0.05) is 30.6 Å². The van der Waals surface area contributed by atoms with E-state index in [9.17, 15) is 0 Å². The normalized spacial score (nSPS) is 17.6. The molecule has 0 aliphatic carbocycles. The summed E-state index contributed by atoms with van der Waals surface area (Å²) in [4.78, 5) is 7.37. The summed E-state index contributed by atoms with van der Waals surface area (Å²) in [6, 6.07) is 17.3. The van der Waals surface area contributed by atoms with E-state index in [1.54, 1.807) is 0 Å². The van der Waals surface area contributed by atoms with Crippen LogP contribution in [0, 0.1) is 13.8 Å². The summed E-state index contributed by atoms with van der Waals surface area (Å²) in [5, 5.41) is 1.20. The lowest BCUT2D eigenvalue weighted by atomic mass is 10.0. The topological polar surface area (TPSA) is 25.4 Å². The fraction of sp³-hybridized carbons (Fsp3) is 0.348. The van der Waals surface area contributed by atoms with Crippen molar-refractivity contribution < 1.29 is 4.74 Å². The van der Waals surface area contributed by atoms with Gasteiger partial charge in [0.15, 0.2) is 0 Å². The quantitative estimate of drug-likeness (QED) is 0.689. The molecule has 0 bridgehead atoms. The second-order valence-corrected chi connectivity index (χ2v) is 7.43. The Morgan fingerprint density at radius 3 is 2.73 bits per heavy atom. The molecule has 3 heteroatoms. The van der Waals surface area contributed by atoms with E-state index in [0.29, 0.717) is 0 Å². The summed E-state index contributed by atoms with van der Waals surface area (Å²) in [5.74, 6) is 0.806. The van der Waals surface area contributed by atoms with Crippen LogP contribution in [-0.2, 0) is 13.0 Å². The Hall–Kier alpha value is -2.39. The average molecular weight is 346 g/mol. The Kier molecular flexibility index (Phi) is 4.64. The molecule has 0 unspecified atom stereocenters. The zero-order chi connectivity index (χ0) is 18.1. The van der Waals surface area contributed by atoms with E-state index in [1.165, 1.54) is 27.6 Å². The van der Waals surface area contributed by atoms with Gasteiger partial charge >= 0.3 is 0 Å². The maximum Gasteiger partial charge on any atom is 0.218 e. The lowest BCUT2D eigenvalue weighted by Gasteiger charge is -2.21. The summed E-state index contributed by atoms with van der Waals surface area (Å²) in [6.45, 7) is 9.27. The lowest BCUT2D eigenvalue weighted by molar-refractivity contribution is 0.158. The van der Waals surface area contributed by atoms with Crippen molar-refractivity contribution >= 4 is 10.9 Å². The molecule has 0 N–H and O–H groups in total. The third-order valence-corrected chi connectivity index (χ3v) is 5.33. The van der Waals surface area contributed by atoms with Crippen LogP contribution in [-0.4, -0.2) is 29.1 Å². The highest BCUT2D eigenvalue weighted by atomic mass is 16.5. The molecule has 0 radical (unpaired) electrons. The maximum atomic E-state index is 6.19. The van der Waals surface area contributed by atoms with E-state index < -0.39 is 0 Å². The van der Waals surface area contributed by atoms with Crippen molar-refractivity contribution in [2.75, 3.05) is 13.1 Å². The number of benzene rings is 2. The largest absolute Gasteiger partial charge is 0.473 e. The van der Waals surface area contributed by atoms with Gasteiger partial charge in [-0.15, -0.1) is 0 Å². The van der Waals surface area contributed by atoms with Crippen molar-refractivity contribution in [1.82, 2.24) is 9.88 Å². The van der Waals surface area contributed by atoms with E-state index >= 15 is 0 Å². The van der Waals surface area contributed by atoms with Gasteiger partial charge in [0.1, 0.15) is 6.10 Å². The average Bonchev–Trinajstić information content (AvgIpc) is 2.80. The number of hydrogen-bond acceptors (Lipinski definition) is 3. The Bertz CT molecular complexity index is 920. The van der Waals surface area contributed by atoms with Gasteiger partial charge in [0.2, 0.25) is 5.88 Å². The fourth-order valence-electron chi connectivity index (χ4n) is 3.72. The van der Waals surface area contributed by atoms with Gasteiger partial charge in [-0.05, 0) is 49.9 Å². The van der Waals surface area contributed by atoms with E-state index in [-0.39, 0.29) is 6.10 Å². The van der Waals surface area contributed by atoms with Crippen LogP contribution in [0.1, 0.15) is 29.2 Å². The molecule has 1 aromatic heterocycles. The fourth-order valence-corrected chi connectivity index (χ4v) is 3.72. The van der Waals surface area contributed by atoms with Gasteiger partial charge < -0.3 is 4.74 Å². The predicted molar refractivity (Wildman–Crippen MR) is 107 cm³/mol. The molecule has 0 fully saturated rings. The summed E-state index contributed by atoms with van der Waals surface area (Å²) < 4.78 is 6.19. The zero-order valence-electron chi connectivity index (χ0n) is 15.8. The predicted octanol–water partition coefficient (Wildman–Crippen LogP) is 4.68. The molecule has 1 aliphatic rings. The van der Waals surface area contributed by atoms with Crippen LogP contribution in [0.2, 0.25) is 0 Å². The zero-order valence-corrected chi connectivity index (χ0v) is 15.8. The smallest absolute Gasteiger partial charge is 0.218 e. The molecule has 1 aliphatic heterocycles. The third kappa shape index (κ3) is 3.45. The van der Waals surface area contributed by atoms with Gasteiger partial charge in [0.25, 0.3) is 0 Å². The molecule has 26 heavy (non-hydrogen) atoms. The van der Waals surface area contributed by atoms with E-state index in [0.717, 1.165) is 37.5 Å². The van der Waals surface area contributed by atoms with Crippen LogP contribution < -0.4 is 4.74 Å². The molecule has 134 valence electrons. The van der Waals surface area contributed by atoms with Crippen molar-refractivity contribution in [3.63, 3.8) is 0 Å². The molecule has 0 saturated carbocycles. The number of aryl methyl sites for hydroxylation is 2. The van der Waals surface area contributed by atoms with Gasteiger partial charge in [0.05, 0.1) is 5.52 Å². The molecule has 0 amide bonds. The SMILES string of the molecule is Cc1ccc2cc3c(nc2c1C)O[C@@H](C)CN(CCc1ccccc1)C3. The third-order valence-electron chi connectivity index (χ3n) is 5.33. The summed E-state index contributed by atoms with van der Waals surface area (Å²) >= 11 is 0. The van der Waals surface area contributed by atoms with E-state index in [4.69, 9.17) is 9.72 Å². The number of nitrogens with zero attached hydrogens (tertiary/aromatic N) is 2. The maximum absolute atomic E-state index is 6.19. The highest BCUT2D eigenvalue weighted by molar-refractivity contribution is 5.84. The second kappa shape index (κ2) is 7.08. The number of pyridine rings is 1. The van der Waals surface area contributed by atoms with Crippen molar-refractivity contribution in [2.45, 2.75) is 39.8 Å². The van der Waals surface area contributed by atoms with Crippen LogP contribution in [0.3, 0.4) is 0 Å². The first-order valence-electron chi connectivity index (χ1n) is 9.43. The molecule has 4 rings (SSSR count). The Balaban J connectivity index is 1.61. The molecule has 3 aromatic rings. The number of fused-ring (bicyclic) bond motifs is 2. The minimum atomic E-state index is 0.141. The number of aromatic nitrogens is 1. The standard InChI is InChI=1S/C23H26N2O/c1-16-9-10-20-13-21-15-25(12-11-19-7-5-4-6-8-19)14-17(2)26-23(21)24-22(20)18(16)3/h4-10,13,17H,11-12,14-15H2,1-3H3/t17-/m0/s1. The van der Waals surface area contributed by atoms with E-state index in [1.807, 2.05) is 0 Å². The van der Waals surface area contributed by atoms with Gasteiger partial charge in [-0.25, -0.2) is 4.98 Å². The Labute approximate surface area is 155 Å². The van der Waals surface area contributed by atoms with Gasteiger partial charge in [-0.2, -0.15) is 0 Å². The second-order valence-electron chi connectivity index (χ2n) is 7.43. The molecule has 3 nitrogen and oxygen atoms in total. The number of ether oxygens (including phenoxy) is 1. The highest BCUT2D eigenvalue weighted by Crippen LogP contribution is 2.29. The monoisotopic (exact) mass is 346 g/mol. The first kappa shape index (κ1) is 17.0. The minimum Gasteiger partial charge on any atom is -0.473 e. The Morgan fingerprint density at radius 1 is 1.12 bits per heavy atom. The summed E-state index contributed by atoms with van der Waals surface area (Å²) in [5.41, 5.74) is 6.16. The van der Waals surface area contributed by atoms with Crippen LogP contribution in [0.5, 0.6) is 5.88 Å². The summed E-state index contributed by atoms with van der Waals surface area (Å²) in [6.07, 6.45) is 1.20. The molecule has 2 aromatic carbocycles. The molecule has 1 atom stereocenters. The van der Waals surface area contributed by atoms with Crippen LogP contribution in [0.25, 0.3) is 10.9 Å². The summed E-state index contributed by atoms with van der Waals surface area (Å²) in [7, 11) is 0. The minimum absolute atomic E-state index is 0.141. The number of hydrogen-bond donors (Lipinski definition) is 0. The molecular formula is C23H26N2O. The van der Waals surface area contributed by atoms with Crippen molar-refractivity contribution in [2.24, 2.45) is 0 Å². The molecule has 0 saturated heterocycles. The van der Waals surface area contributed by atoms with Crippen molar-refractivity contribution in [1.29, 1.82) is 0 Å². The number of rotatable bonds is 3. The lowest BCUT2D eigenvalue weighted by Crippen LogP contribution is -2.32. The molecule has 2 heterocycles. The van der Waals surface area contributed by atoms with Crippen LogP contribution in [0.15, 0.2) is 48.5 Å². The van der Waals surface area contributed by atoms with Crippen LogP contribution >= 0.6 is 0 Å². The van der Waals surface area contributed by atoms with Gasteiger partial charge in [-0.3, -0.25) is 4.90 Å². The van der Waals surface area contributed by atoms with Crippen LogP contribution in [0.4, 0.5) is 0 Å². The van der Waals surface area contributed by atoms with E-state index in [2.05, 4.69) is 74.2 Å². The first-order chi connectivity index (χ1) is 12.6. The van der Waals surface area contributed by atoms with Gasteiger partial charge in [-0.1, -0.05) is 42.5 Å². The molecule has 0 spiro atoms. The highest BCUT2D eigenvalue weighted by Gasteiger charge is 2.22. The van der Waals surface area contributed by atoms with Crippen molar-refractivity contribution in [3.05, 3.63) is 70.8 Å². The Morgan fingerprint density at radius 2 is 1.92 bits per heavy atom. The molecular weight excluding hydrogens is 320 g/mol.